The number of methoxy groups -OCH3 is 1. The highest BCUT2D eigenvalue weighted by molar-refractivity contribution is 8.01. The van der Waals surface area contributed by atoms with Crippen molar-refractivity contribution in [2.24, 2.45) is 5.92 Å². The van der Waals surface area contributed by atoms with Crippen molar-refractivity contribution in [3.8, 4) is 5.75 Å². The summed E-state index contributed by atoms with van der Waals surface area (Å²) in [6, 6.07) is 7.15. The first kappa shape index (κ1) is 19.2. The van der Waals surface area contributed by atoms with Crippen molar-refractivity contribution >= 4 is 45.7 Å². The molecule has 1 aromatic carbocycles. The van der Waals surface area contributed by atoms with E-state index in [0.29, 0.717) is 20.9 Å². The van der Waals surface area contributed by atoms with E-state index in [4.69, 9.17) is 4.74 Å². The van der Waals surface area contributed by atoms with Gasteiger partial charge in [-0.15, -0.1) is 10.2 Å². The van der Waals surface area contributed by atoms with Gasteiger partial charge in [-0.25, -0.2) is 0 Å². The van der Waals surface area contributed by atoms with E-state index in [2.05, 4.69) is 20.8 Å². The van der Waals surface area contributed by atoms with Crippen molar-refractivity contribution in [1.82, 2.24) is 10.2 Å². The first-order valence-electron chi connectivity index (χ1n) is 7.73. The van der Waals surface area contributed by atoms with Gasteiger partial charge in [0.25, 0.3) is 0 Å². The normalized spacial score (nSPS) is 11.6. The molecule has 0 aliphatic rings. The van der Waals surface area contributed by atoms with Crippen LogP contribution in [0.1, 0.15) is 20.3 Å². The molecule has 2 aromatic rings. The largest absolute Gasteiger partial charge is 0.497 e. The quantitative estimate of drug-likeness (QED) is 0.539. The molecule has 0 unspecified atom stereocenters. The van der Waals surface area contributed by atoms with Crippen LogP contribution in [0, 0.1) is 5.92 Å². The zero-order valence-corrected chi connectivity index (χ0v) is 15.9. The number of aromatic nitrogens is 2. The number of hydrogen-bond acceptors (Lipinski definition) is 7. The molecule has 134 valence electrons. The predicted octanol–water partition coefficient (Wildman–Crippen LogP) is 3.26. The van der Waals surface area contributed by atoms with Crippen LogP contribution in [0.15, 0.2) is 28.6 Å². The maximum atomic E-state index is 12.0. The van der Waals surface area contributed by atoms with Crippen LogP contribution in [-0.2, 0) is 9.59 Å². The van der Waals surface area contributed by atoms with E-state index in [0.717, 1.165) is 6.42 Å². The number of hydrogen-bond donors (Lipinski definition) is 2. The van der Waals surface area contributed by atoms with Crippen LogP contribution in [0.3, 0.4) is 0 Å². The number of ether oxygens (including phenoxy) is 1. The van der Waals surface area contributed by atoms with Gasteiger partial charge >= 0.3 is 0 Å². The standard InChI is InChI=1S/C16H20N4O3S2/c1-4-10(2)14(22)18-15-19-20-16(25-15)24-9-13(21)17-11-6-5-7-12(8-11)23-3/h5-8,10H,4,9H2,1-3H3,(H,17,21)(H,18,19,22)/t10-/m0/s1. The Labute approximate surface area is 154 Å². The third kappa shape index (κ3) is 6.02. The second-order valence-electron chi connectivity index (χ2n) is 5.24. The molecule has 2 rings (SSSR count). The zero-order chi connectivity index (χ0) is 18.2. The summed E-state index contributed by atoms with van der Waals surface area (Å²) in [5.74, 6) is 0.569. The molecular weight excluding hydrogens is 360 g/mol. The van der Waals surface area contributed by atoms with Gasteiger partial charge < -0.3 is 15.4 Å². The molecule has 0 saturated heterocycles. The Kier molecular flexibility index (Phi) is 7.20. The molecule has 2 N–H and O–H groups in total. The fourth-order valence-electron chi connectivity index (χ4n) is 1.76. The number of benzene rings is 1. The molecule has 0 fully saturated rings. The highest BCUT2D eigenvalue weighted by Crippen LogP contribution is 2.26. The van der Waals surface area contributed by atoms with Crippen LogP contribution in [0.2, 0.25) is 0 Å². The van der Waals surface area contributed by atoms with E-state index in [-0.39, 0.29) is 23.5 Å². The molecule has 1 atom stereocenters. The molecule has 0 aliphatic heterocycles. The van der Waals surface area contributed by atoms with Gasteiger partial charge in [-0.3, -0.25) is 9.59 Å². The lowest BCUT2D eigenvalue weighted by Gasteiger charge is -2.06. The fraction of sp³-hybridized carbons (Fsp3) is 0.375. The second kappa shape index (κ2) is 9.38. The number of nitrogens with zero attached hydrogens (tertiary/aromatic N) is 2. The minimum atomic E-state index is -0.154. The molecular formula is C16H20N4O3S2. The Balaban J connectivity index is 1.83. The first-order valence-corrected chi connectivity index (χ1v) is 9.53. The Hall–Kier alpha value is -2.13. The summed E-state index contributed by atoms with van der Waals surface area (Å²) in [5, 5.41) is 13.9. The van der Waals surface area contributed by atoms with Gasteiger partial charge in [0.1, 0.15) is 5.75 Å². The van der Waals surface area contributed by atoms with Gasteiger partial charge in [-0.1, -0.05) is 43.0 Å². The summed E-state index contributed by atoms with van der Waals surface area (Å²) in [5.41, 5.74) is 0.670. The number of amides is 2. The Morgan fingerprint density at radius 3 is 2.84 bits per heavy atom. The molecule has 9 heteroatoms. The van der Waals surface area contributed by atoms with Crippen LogP contribution in [-0.4, -0.2) is 34.9 Å². The molecule has 25 heavy (non-hydrogen) atoms. The first-order chi connectivity index (χ1) is 12.0. The predicted molar refractivity (Wildman–Crippen MR) is 100 cm³/mol. The third-order valence-corrected chi connectivity index (χ3v) is 5.35. The molecule has 0 aliphatic carbocycles. The van der Waals surface area contributed by atoms with Gasteiger partial charge in [0.15, 0.2) is 4.34 Å². The molecule has 1 aromatic heterocycles. The number of carbonyl (C=O) groups is 2. The molecule has 0 radical (unpaired) electrons. The maximum absolute atomic E-state index is 12.0. The van der Waals surface area contributed by atoms with E-state index in [1.807, 2.05) is 13.8 Å². The van der Waals surface area contributed by atoms with Crippen molar-refractivity contribution in [2.75, 3.05) is 23.5 Å². The molecule has 7 nitrogen and oxygen atoms in total. The van der Waals surface area contributed by atoms with Gasteiger partial charge in [0.05, 0.1) is 12.9 Å². The summed E-state index contributed by atoms with van der Waals surface area (Å²) < 4.78 is 5.74. The molecule has 1 heterocycles. The van der Waals surface area contributed by atoms with Crippen molar-refractivity contribution in [2.45, 2.75) is 24.6 Å². The number of anilines is 2. The summed E-state index contributed by atoms with van der Waals surface area (Å²) in [7, 11) is 1.57. The number of rotatable bonds is 8. The summed E-state index contributed by atoms with van der Waals surface area (Å²) in [4.78, 5) is 23.8. The molecule has 0 spiro atoms. The lowest BCUT2D eigenvalue weighted by Crippen LogP contribution is -2.19. The van der Waals surface area contributed by atoms with E-state index in [1.165, 1.54) is 23.1 Å². The van der Waals surface area contributed by atoms with Crippen molar-refractivity contribution in [3.05, 3.63) is 24.3 Å². The Morgan fingerprint density at radius 1 is 1.32 bits per heavy atom. The lowest BCUT2D eigenvalue weighted by molar-refractivity contribution is -0.119. The maximum Gasteiger partial charge on any atom is 0.234 e. The smallest absolute Gasteiger partial charge is 0.234 e. The molecule has 2 amide bonds. The van der Waals surface area contributed by atoms with E-state index >= 15 is 0 Å². The molecule has 0 bridgehead atoms. The van der Waals surface area contributed by atoms with Crippen LogP contribution in [0.5, 0.6) is 5.75 Å². The van der Waals surface area contributed by atoms with Crippen molar-refractivity contribution < 1.29 is 14.3 Å². The monoisotopic (exact) mass is 380 g/mol. The summed E-state index contributed by atoms with van der Waals surface area (Å²) in [6.45, 7) is 3.81. The van der Waals surface area contributed by atoms with Gasteiger partial charge in [-0.05, 0) is 18.6 Å². The topological polar surface area (TPSA) is 93.2 Å². The lowest BCUT2D eigenvalue weighted by atomic mass is 10.1. The van der Waals surface area contributed by atoms with Crippen molar-refractivity contribution in [1.29, 1.82) is 0 Å². The SMILES string of the molecule is CC[C@H](C)C(=O)Nc1nnc(SCC(=O)Nc2cccc(OC)c2)s1. The Morgan fingerprint density at radius 2 is 2.12 bits per heavy atom. The van der Waals surface area contributed by atoms with Gasteiger partial charge in [-0.2, -0.15) is 0 Å². The minimum absolute atomic E-state index is 0.0753. The fourth-order valence-corrected chi connectivity index (χ4v) is 3.31. The minimum Gasteiger partial charge on any atom is -0.497 e. The summed E-state index contributed by atoms with van der Waals surface area (Å²) >= 11 is 2.52. The van der Waals surface area contributed by atoms with Crippen LogP contribution in [0.25, 0.3) is 0 Å². The van der Waals surface area contributed by atoms with E-state index in [1.54, 1.807) is 31.4 Å². The second-order valence-corrected chi connectivity index (χ2v) is 7.44. The molecule has 0 saturated carbocycles. The van der Waals surface area contributed by atoms with Crippen LogP contribution >= 0.6 is 23.1 Å². The number of thioether (sulfide) groups is 1. The average Bonchev–Trinajstić information content (AvgIpc) is 3.06. The zero-order valence-electron chi connectivity index (χ0n) is 14.2. The van der Waals surface area contributed by atoms with Crippen molar-refractivity contribution in [3.63, 3.8) is 0 Å². The highest BCUT2D eigenvalue weighted by atomic mass is 32.2. The highest BCUT2D eigenvalue weighted by Gasteiger charge is 2.14. The van der Waals surface area contributed by atoms with Crippen LogP contribution < -0.4 is 15.4 Å². The Bertz CT molecular complexity index is 736. The van der Waals surface area contributed by atoms with Gasteiger partial charge in [0, 0.05) is 17.7 Å². The average molecular weight is 380 g/mol. The van der Waals surface area contributed by atoms with E-state index < -0.39 is 0 Å². The summed E-state index contributed by atoms with van der Waals surface area (Å²) in [6.07, 6.45) is 0.761. The number of nitrogens with one attached hydrogen (secondary N) is 2. The van der Waals surface area contributed by atoms with Crippen LogP contribution in [0.4, 0.5) is 10.8 Å². The van der Waals surface area contributed by atoms with Gasteiger partial charge in [0.2, 0.25) is 16.9 Å². The number of carbonyl (C=O) groups excluding carboxylic acids is 2. The van der Waals surface area contributed by atoms with E-state index in [9.17, 15) is 9.59 Å². The third-order valence-electron chi connectivity index (χ3n) is 3.38.